The summed E-state index contributed by atoms with van der Waals surface area (Å²) < 4.78 is 61.8. The zero-order valence-electron chi connectivity index (χ0n) is 31.6. The van der Waals surface area contributed by atoms with Crippen molar-refractivity contribution in [2.75, 3.05) is 46.2 Å². The number of aromatic carboxylic acids is 1. The number of carbonyl (C=O) groups is 2. The summed E-state index contributed by atoms with van der Waals surface area (Å²) >= 11 is 0. The van der Waals surface area contributed by atoms with E-state index in [9.17, 15) is 58.4 Å². The van der Waals surface area contributed by atoms with Crippen molar-refractivity contribution < 1.29 is 90.7 Å². The first-order chi connectivity index (χ1) is 27.4. The van der Waals surface area contributed by atoms with Gasteiger partial charge >= 0.3 is 23.5 Å². The van der Waals surface area contributed by atoms with Crippen LogP contribution in [0.2, 0.25) is 0 Å². The second kappa shape index (κ2) is 18.0. The van der Waals surface area contributed by atoms with Crippen LogP contribution in [0.25, 0.3) is 33.4 Å². The number of aliphatic hydroxyl groups excluding tert-OH is 3. The molecule has 22 nitrogen and oxygen atoms in total. The minimum atomic E-state index is -5.58. The number of aliphatic hydroxyl groups is 3. The molecule has 0 saturated heterocycles. The van der Waals surface area contributed by atoms with E-state index < -0.39 is 78.6 Å². The molecular formula is C34H42N3O19P3. The van der Waals surface area contributed by atoms with Crippen LogP contribution < -0.4 is 25.3 Å². The Labute approximate surface area is 334 Å². The van der Waals surface area contributed by atoms with Gasteiger partial charge in [-0.3, -0.25) is 22.9 Å². The van der Waals surface area contributed by atoms with Gasteiger partial charge in [0.05, 0.1) is 18.6 Å². The summed E-state index contributed by atoms with van der Waals surface area (Å²) in [5.74, 6) is -1.83. The Morgan fingerprint density at radius 2 is 1.42 bits per heavy atom. The van der Waals surface area contributed by atoms with Gasteiger partial charge in [-0.15, -0.1) is 0 Å². The third-order valence-electron chi connectivity index (χ3n) is 9.15. The van der Waals surface area contributed by atoms with E-state index in [0.29, 0.717) is 27.9 Å². The number of nitrogens with one attached hydrogen (secondary N) is 1. The Bertz CT molecular complexity index is 2410. The second-order valence-corrected chi connectivity index (χ2v) is 17.5. The normalized spacial score (nSPS) is 22.2. The Hall–Kier alpha value is -3.92. The van der Waals surface area contributed by atoms with Crippen molar-refractivity contribution in [1.29, 1.82) is 0 Å². The van der Waals surface area contributed by atoms with Crippen LogP contribution in [0.4, 0.5) is 5.69 Å². The number of anilines is 1. The fourth-order valence-electron chi connectivity index (χ4n) is 6.38. The Kier molecular flexibility index (Phi) is 14.1. The molecule has 3 aliphatic rings. The molecule has 0 spiro atoms. The van der Waals surface area contributed by atoms with Gasteiger partial charge in [0.15, 0.2) is 0 Å². The molecule has 0 aromatic heterocycles. The van der Waals surface area contributed by atoms with E-state index >= 15 is 0 Å². The Balaban J connectivity index is 1.29. The van der Waals surface area contributed by atoms with Crippen molar-refractivity contribution in [2.45, 2.75) is 43.0 Å². The van der Waals surface area contributed by atoms with Crippen LogP contribution in [-0.2, 0) is 31.8 Å². The number of fused-ring (bicyclic) bond motifs is 2. The molecule has 5 rings (SSSR count). The molecule has 1 unspecified atom stereocenters. The highest BCUT2D eigenvalue weighted by Gasteiger charge is 2.56. The molecule has 2 aromatic rings. The van der Waals surface area contributed by atoms with Gasteiger partial charge in [-0.05, 0) is 42.3 Å². The SMILES string of the molecule is CN(C)c1ccc2c(-c3ccc(C(=O)NCCCOP(=O)(O)O[C@@H]4[C@H](O)[C@H](O)[C@@H](OP(=O)(O)O)[C@H](OP(=O)(O)O)[C@H]4O)cc3C(=O)[O-])c3ccc(=[N+](C)C)cc-3oc2c1. The third-order valence-corrected chi connectivity index (χ3v) is 11.2. The lowest BCUT2D eigenvalue weighted by Crippen LogP contribution is -2.65. The molecule has 1 aliphatic heterocycles. The van der Waals surface area contributed by atoms with Crippen molar-refractivity contribution in [3.63, 3.8) is 0 Å². The van der Waals surface area contributed by atoms with Gasteiger partial charge in [0, 0.05) is 66.1 Å². The smallest absolute Gasteiger partial charge is 0.472 e. The van der Waals surface area contributed by atoms with Gasteiger partial charge in [-0.25, -0.2) is 18.3 Å². The summed E-state index contributed by atoms with van der Waals surface area (Å²) in [4.78, 5) is 74.6. The van der Waals surface area contributed by atoms with Crippen molar-refractivity contribution in [3.8, 4) is 22.5 Å². The lowest BCUT2D eigenvalue weighted by molar-refractivity contribution is -0.255. The first-order valence-corrected chi connectivity index (χ1v) is 21.9. The quantitative estimate of drug-likeness (QED) is 0.0310. The summed E-state index contributed by atoms with van der Waals surface area (Å²) in [5, 5.41) is 47.9. The summed E-state index contributed by atoms with van der Waals surface area (Å²) in [7, 11) is -8.96. The summed E-state index contributed by atoms with van der Waals surface area (Å²) in [6.07, 6.45) is -15.0. The summed E-state index contributed by atoms with van der Waals surface area (Å²) in [5.41, 5.74) is 2.31. The fraction of sp³-hybridized carbons (Fsp3) is 0.382. The fourth-order valence-corrected chi connectivity index (χ4v) is 8.48. The van der Waals surface area contributed by atoms with E-state index in [-0.39, 0.29) is 29.7 Å². The molecule has 1 fully saturated rings. The molecular weight excluding hydrogens is 847 g/mol. The van der Waals surface area contributed by atoms with Gasteiger partial charge in [-0.2, -0.15) is 0 Å². The van der Waals surface area contributed by atoms with Gasteiger partial charge in [0.1, 0.15) is 62.1 Å². The molecule has 25 heteroatoms. The zero-order valence-corrected chi connectivity index (χ0v) is 34.3. The third kappa shape index (κ3) is 11.1. The molecule has 59 heavy (non-hydrogen) atoms. The molecule has 1 saturated carbocycles. The molecule has 1 heterocycles. The van der Waals surface area contributed by atoms with E-state index in [4.69, 9.17) is 23.3 Å². The molecule has 2 aromatic carbocycles. The molecule has 9 N–H and O–H groups in total. The van der Waals surface area contributed by atoms with Crippen LogP contribution in [0.5, 0.6) is 0 Å². The number of carbonyl (C=O) groups excluding carboxylic acids is 2. The van der Waals surface area contributed by atoms with Gasteiger partial charge < -0.3 is 64.3 Å². The molecule has 322 valence electrons. The van der Waals surface area contributed by atoms with Crippen LogP contribution in [0.3, 0.4) is 0 Å². The number of rotatable bonds is 15. The summed E-state index contributed by atoms with van der Waals surface area (Å²) in [6.45, 7) is -0.846. The van der Waals surface area contributed by atoms with E-state index in [1.165, 1.54) is 12.1 Å². The number of carboxylic acids is 1. The maximum absolute atomic E-state index is 13.1. The predicted molar refractivity (Wildman–Crippen MR) is 204 cm³/mol. The first kappa shape index (κ1) is 46.2. The average Bonchev–Trinajstić information content (AvgIpc) is 3.14. The highest BCUT2D eigenvalue weighted by Crippen LogP contribution is 2.51. The van der Waals surface area contributed by atoms with E-state index in [2.05, 4.69) is 14.4 Å². The molecule has 0 radical (unpaired) electrons. The number of benzene rings is 3. The standard InChI is InChI=1S/C34H42N3O19P3/c1-36(2)18-7-10-21-24(15-18)53-25-16-19(37(3)4)8-11-22(25)26(21)20-9-6-17(14-23(20)34(42)43)33(41)35-12-5-13-52-59(50,51)56-30-27(38)28(39)31(54-57(44,45)46)32(29(30)40)55-58(47,48)49/h6-11,14-16,27-32,38-40H,5,12-13H2,1-4H3,(H6-,35,41,42,43,44,45,46,47,48,49,50,51)/t27-,28+,29+,30-,31-,32-/m1/s1. The van der Waals surface area contributed by atoms with E-state index in [1.807, 2.05) is 74.1 Å². The molecule has 7 atom stereocenters. The monoisotopic (exact) mass is 889 g/mol. The van der Waals surface area contributed by atoms with Crippen molar-refractivity contribution in [2.24, 2.45) is 0 Å². The number of phosphoric ester groups is 3. The average molecular weight is 890 g/mol. The van der Waals surface area contributed by atoms with Gasteiger partial charge in [0.2, 0.25) is 5.36 Å². The number of amides is 1. The zero-order chi connectivity index (χ0) is 43.8. The van der Waals surface area contributed by atoms with Gasteiger partial charge in [0.25, 0.3) is 5.91 Å². The van der Waals surface area contributed by atoms with Crippen molar-refractivity contribution in [1.82, 2.24) is 9.89 Å². The molecule has 2 aliphatic carbocycles. The maximum Gasteiger partial charge on any atom is 0.472 e. The maximum atomic E-state index is 13.1. The number of nitrogens with zero attached hydrogens (tertiary/aromatic N) is 2. The number of carboxylic acid groups (broad SMARTS) is 1. The van der Waals surface area contributed by atoms with E-state index in [1.54, 1.807) is 0 Å². The Morgan fingerprint density at radius 3 is 2.02 bits per heavy atom. The largest absolute Gasteiger partial charge is 0.545 e. The topological polar surface area (TPSA) is 339 Å². The first-order valence-electron chi connectivity index (χ1n) is 17.4. The van der Waals surface area contributed by atoms with Crippen LogP contribution in [0.15, 0.2) is 59.0 Å². The highest BCUT2D eigenvalue weighted by molar-refractivity contribution is 7.47. The lowest BCUT2D eigenvalue weighted by atomic mass is 9.85. The minimum Gasteiger partial charge on any atom is -0.545 e. The number of hydrogen-bond acceptors (Lipinski definition) is 15. The summed E-state index contributed by atoms with van der Waals surface area (Å²) in [6, 6.07) is 15.0. The Morgan fingerprint density at radius 1 is 0.814 bits per heavy atom. The number of phosphoric acid groups is 3. The van der Waals surface area contributed by atoms with Crippen LogP contribution >= 0.6 is 23.5 Å². The predicted octanol–water partition coefficient (Wildman–Crippen LogP) is -0.660. The van der Waals surface area contributed by atoms with Gasteiger partial charge in [-0.1, -0.05) is 6.07 Å². The van der Waals surface area contributed by atoms with Crippen molar-refractivity contribution >= 4 is 52.0 Å². The van der Waals surface area contributed by atoms with Crippen molar-refractivity contribution in [3.05, 3.63) is 71.1 Å². The van der Waals surface area contributed by atoms with Crippen LogP contribution in [0.1, 0.15) is 27.1 Å². The molecule has 0 bridgehead atoms. The highest BCUT2D eigenvalue weighted by atomic mass is 31.2. The number of hydrogen-bond donors (Lipinski definition) is 9. The second-order valence-electron chi connectivity index (χ2n) is 13.7. The van der Waals surface area contributed by atoms with E-state index in [0.717, 1.165) is 17.1 Å². The van der Waals surface area contributed by atoms with Crippen LogP contribution in [-0.4, -0.2) is 130 Å². The van der Waals surface area contributed by atoms with Crippen LogP contribution in [0, 0.1) is 0 Å². The minimum absolute atomic E-state index is 0.0732. The lowest BCUT2D eigenvalue weighted by Gasteiger charge is -2.44. The molecule has 1 amide bonds.